The Labute approximate surface area is 145 Å². The Morgan fingerprint density at radius 3 is 2.60 bits per heavy atom. The van der Waals surface area contributed by atoms with Crippen molar-refractivity contribution < 1.29 is 4.79 Å². The van der Waals surface area contributed by atoms with Gasteiger partial charge < -0.3 is 10.6 Å². The molecule has 4 rings (SSSR count). The van der Waals surface area contributed by atoms with E-state index in [0.717, 1.165) is 29.2 Å². The van der Waals surface area contributed by atoms with Crippen molar-refractivity contribution in [3.05, 3.63) is 54.7 Å². The molecule has 6 heteroatoms. The normalized spacial score (nSPS) is 15.5. The number of rotatable bonds is 2. The van der Waals surface area contributed by atoms with Crippen molar-refractivity contribution >= 4 is 16.7 Å². The number of carbonyl (C=O) groups excluding carboxylic acids is 1. The Balaban J connectivity index is 1.60. The van der Waals surface area contributed by atoms with E-state index in [1.54, 1.807) is 23.5 Å². The molecule has 1 fully saturated rings. The lowest BCUT2D eigenvalue weighted by atomic mass is 10.1. The average molecular weight is 333 g/mol. The summed E-state index contributed by atoms with van der Waals surface area (Å²) in [6.07, 6.45) is 8.46. The highest BCUT2D eigenvalue weighted by Crippen LogP contribution is 2.25. The van der Waals surface area contributed by atoms with Gasteiger partial charge in [0.15, 0.2) is 0 Å². The molecule has 3 heterocycles. The van der Waals surface area contributed by atoms with E-state index >= 15 is 0 Å². The highest BCUT2D eigenvalue weighted by atomic mass is 16.2. The molecular formula is C19H19N5O. The lowest BCUT2D eigenvalue weighted by Crippen LogP contribution is -2.43. The fourth-order valence-electron chi connectivity index (χ4n) is 3.16. The minimum atomic E-state index is -0.0815. The van der Waals surface area contributed by atoms with Gasteiger partial charge in [-0.15, -0.1) is 0 Å². The molecule has 126 valence electrons. The molecule has 0 saturated carbocycles. The van der Waals surface area contributed by atoms with Gasteiger partial charge in [0, 0.05) is 42.5 Å². The van der Waals surface area contributed by atoms with Crippen LogP contribution in [-0.4, -0.2) is 44.9 Å². The maximum atomic E-state index is 12.5. The van der Waals surface area contributed by atoms with Gasteiger partial charge in [-0.3, -0.25) is 14.8 Å². The number of carbonyl (C=O) groups is 1. The van der Waals surface area contributed by atoms with Crippen LogP contribution in [0.5, 0.6) is 0 Å². The lowest BCUT2D eigenvalue weighted by Gasteiger charge is -2.29. The van der Waals surface area contributed by atoms with Gasteiger partial charge in [-0.25, -0.2) is 4.98 Å². The second kappa shape index (κ2) is 6.57. The molecule has 1 saturated heterocycles. The topological polar surface area (TPSA) is 85.0 Å². The van der Waals surface area contributed by atoms with Crippen molar-refractivity contribution in [1.29, 1.82) is 0 Å². The van der Waals surface area contributed by atoms with E-state index in [1.165, 1.54) is 0 Å². The van der Waals surface area contributed by atoms with Crippen LogP contribution < -0.4 is 5.73 Å². The van der Waals surface area contributed by atoms with Crippen molar-refractivity contribution in [3.63, 3.8) is 0 Å². The molecule has 0 aliphatic carbocycles. The number of hydrogen-bond acceptors (Lipinski definition) is 5. The molecule has 0 spiro atoms. The van der Waals surface area contributed by atoms with Crippen LogP contribution in [-0.2, 0) is 0 Å². The molecule has 2 N–H and O–H groups in total. The molecule has 0 unspecified atom stereocenters. The molecule has 0 bridgehead atoms. The third-order valence-corrected chi connectivity index (χ3v) is 4.64. The molecule has 1 aromatic carbocycles. The number of benzene rings is 1. The number of aromatic nitrogens is 3. The number of nitrogens with two attached hydrogens (primary N) is 1. The Morgan fingerprint density at radius 2 is 1.84 bits per heavy atom. The smallest absolute Gasteiger partial charge is 0.274 e. The van der Waals surface area contributed by atoms with Gasteiger partial charge in [-0.05, 0) is 18.2 Å². The molecule has 1 aliphatic heterocycles. The van der Waals surface area contributed by atoms with Gasteiger partial charge in [-0.1, -0.05) is 24.3 Å². The molecule has 0 atom stereocenters. The van der Waals surface area contributed by atoms with Gasteiger partial charge >= 0.3 is 0 Å². The number of fused-ring (bicyclic) bond motifs is 1. The summed E-state index contributed by atoms with van der Waals surface area (Å²) in [6, 6.07) is 8.20. The summed E-state index contributed by atoms with van der Waals surface area (Å²) in [5, 5.41) is 2.11. The van der Waals surface area contributed by atoms with Crippen molar-refractivity contribution in [1.82, 2.24) is 19.9 Å². The van der Waals surface area contributed by atoms with E-state index in [9.17, 15) is 4.79 Å². The summed E-state index contributed by atoms with van der Waals surface area (Å²) in [4.78, 5) is 27.4. The zero-order valence-corrected chi connectivity index (χ0v) is 13.8. The van der Waals surface area contributed by atoms with Crippen LogP contribution in [0.2, 0.25) is 0 Å². The van der Waals surface area contributed by atoms with Gasteiger partial charge in [0.2, 0.25) is 0 Å². The molecule has 2 aromatic heterocycles. The Bertz CT molecular complexity index is 896. The van der Waals surface area contributed by atoms with Crippen LogP contribution in [0, 0.1) is 0 Å². The first-order valence-corrected chi connectivity index (χ1v) is 8.42. The number of hydrogen-bond donors (Lipinski definition) is 1. The molecule has 3 aromatic rings. The summed E-state index contributed by atoms with van der Waals surface area (Å²) < 4.78 is 0. The Kier molecular flexibility index (Phi) is 4.11. The summed E-state index contributed by atoms with van der Waals surface area (Å²) in [6.45, 7) is 1.35. The highest BCUT2D eigenvalue weighted by molar-refractivity contribution is 5.95. The number of pyridine rings is 1. The molecule has 0 radical (unpaired) electrons. The zero-order chi connectivity index (χ0) is 17.2. The second-order valence-corrected chi connectivity index (χ2v) is 6.32. The van der Waals surface area contributed by atoms with Crippen LogP contribution in [0.1, 0.15) is 23.3 Å². The molecule has 6 nitrogen and oxygen atoms in total. The van der Waals surface area contributed by atoms with E-state index in [0.29, 0.717) is 24.5 Å². The van der Waals surface area contributed by atoms with Gasteiger partial charge in [0.1, 0.15) is 5.69 Å². The SMILES string of the molecule is NC1CCN(C(=O)c2cnc(-c3cncc4ccccc34)cn2)CC1. The Morgan fingerprint density at radius 1 is 1.04 bits per heavy atom. The van der Waals surface area contributed by atoms with Crippen molar-refractivity contribution in [2.75, 3.05) is 13.1 Å². The molecule has 1 amide bonds. The molecule has 25 heavy (non-hydrogen) atoms. The van der Waals surface area contributed by atoms with E-state index in [-0.39, 0.29) is 11.9 Å². The predicted molar refractivity (Wildman–Crippen MR) is 95.9 cm³/mol. The zero-order valence-electron chi connectivity index (χ0n) is 13.8. The second-order valence-electron chi connectivity index (χ2n) is 6.32. The fourth-order valence-corrected chi connectivity index (χ4v) is 3.16. The van der Waals surface area contributed by atoms with Gasteiger partial charge in [-0.2, -0.15) is 0 Å². The van der Waals surface area contributed by atoms with E-state index in [2.05, 4.69) is 15.0 Å². The Hall–Kier alpha value is -2.86. The van der Waals surface area contributed by atoms with Crippen LogP contribution in [0.15, 0.2) is 49.1 Å². The van der Waals surface area contributed by atoms with Crippen LogP contribution in [0.3, 0.4) is 0 Å². The van der Waals surface area contributed by atoms with Crippen molar-refractivity contribution in [3.8, 4) is 11.3 Å². The van der Waals surface area contributed by atoms with E-state index in [1.807, 2.05) is 30.5 Å². The quantitative estimate of drug-likeness (QED) is 0.777. The van der Waals surface area contributed by atoms with E-state index in [4.69, 9.17) is 5.73 Å². The van der Waals surface area contributed by atoms with Crippen molar-refractivity contribution in [2.45, 2.75) is 18.9 Å². The third kappa shape index (κ3) is 3.08. The minimum absolute atomic E-state index is 0.0815. The number of likely N-dealkylation sites (tertiary alicyclic amines) is 1. The minimum Gasteiger partial charge on any atom is -0.337 e. The van der Waals surface area contributed by atoms with Crippen LogP contribution in [0.4, 0.5) is 0 Å². The third-order valence-electron chi connectivity index (χ3n) is 4.64. The summed E-state index contributed by atoms with van der Waals surface area (Å²) in [5.74, 6) is -0.0815. The number of nitrogens with zero attached hydrogens (tertiary/aromatic N) is 4. The fraction of sp³-hybridized carbons (Fsp3) is 0.263. The number of piperidine rings is 1. The first-order chi connectivity index (χ1) is 12.2. The molecule has 1 aliphatic rings. The predicted octanol–water partition coefficient (Wildman–Crippen LogP) is 2.26. The summed E-state index contributed by atoms with van der Waals surface area (Å²) in [5.41, 5.74) is 7.88. The standard InChI is InChI=1S/C19H19N5O/c20-14-5-7-24(8-6-14)19(25)18-12-22-17(11-23-18)16-10-21-9-13-3-1-2-4-15(13)16/h1-4,9-12,14H,5-8,20H2. The lowest BCUT2D eigenvalue weighted by molar-refractivity contribution is 0.0708. The van der Waals surface area contributed by atoms with Crippen molar-refractivity contribution in [2.24, 2.45) is 5.73 Å². The maximum absolute atomic E-state index is 12.5. The average Bonchev–Trinajstić information content (AvgIpc) is 2.68. The van der Waals surface area contributed by atoms with Gasteiger partial charge in [0.25, 0.3) is 5.91 Å². The summed E-state index contributed by atoms with van der Waals surface area (Å²) in [7, 11) is 0. The first kappa shape index (κ1) is 15.7. The summed E-state index contributed by atoms with van der Waals surface area (Å²) >= 11 is 0. The largest absolute Gasteiger partial charge is 0.337 e. The van der Waals surface area contributed by atoms with Gasteiger partial charge in [0.05, 0.1) is 18.1 Å². The van der Waals surface area contributed by atoms with Crippen LogP contribution in [0.25, 0.3) is 22.0 Å². The highest BCUT2D eigenvalue weighted by Gasteiger charge is 2.22. The monoisotopic (exact) mass is 333 g/mol. The first-order valence-electron chi connectivity index (χ1n) is 8.42. The number of amides is 1. The molecular weight excluding hydrogens is 314 g/mol. The maximum Gasteiger partial charge on any atom is 0.274 e. The van der Waals surface area contributed by atoms with E-state index < -0.39 is 0 Å². The van der Waals surface area contributed by atoms with Crippen LogP contribution >= 0.6 is 0 Å².